The van der Waals surface area contributed by atoms with Crippen LogP contribution in [0.25, 0.3) is 0 Å². The summed E-state index contributed by atoms with van der Waals surface area (Å²) in [4.78, 5) is 26.7. The van der Waals surface area contributed by atoms with E-state index in [4.69, 9.17) is 36.8 Å². The third-order valence-corrected chi connectivity index (χ3v) is 10.5. The zero-order valence-corrected chi connectivity index (χ0v) is 30.1. The molecule has 6 heterocycles. The predicted octanol–water partition coefficient (Wildman–Crippen LogP) is 6.29. The fourth-order valence-electron chi connectivity index (χ4n) is 7.83. The molecule has 1 amide bonds. The fraction of sp³-hybridized carbons (Fsp3) is 0.500. The maximum Gasteiger partial charge on any atom is 0.417 e. The average Bonchev–Trinajstić information content (AvgIpc) is 3.72. The third kappa shape index (κ3) is 7.92. The van der Waals surface area contributed by atoms with Crippen molar-refractivity contribution in [2.24, 2.45) is 0 Å². The SMILES string of the molecule is C=C(F)F.CC#Cc1cc(N)cc(C2Cc3nc(OCC45CCCN4CCC5)nc(N4CCCn5nc(C(=O)NC)c(Cl)c5C4)c3CO2)c1C(F)(F)F. The van der Waals surface area contributed by atoms with Crippen LogP contribution in [0.3, 0.4) is 0 Å². The van der Waals surface area contributed by atoms with Gasteiger partial charge in [0.25, 0.3) is 12.0 Å². The summed E-state index contributed by atoms with van der Waals surface area (Å²) >= 11 is 6.71. The van der Waals surface area contributed by atoms with E-state index >= 15 is 0 Å². The molecular formula is C36H40ClF5N8O3. The number of hydrogen-bond donors (Lipinski definition) is 2. The zero-order chi connectivity index (χ0) is 38.1. The Morgan fingerprint density at radius 3 is 2.55 bits per heavy atom. The summed E-state index contributed by atoms with van der Waals surface area (Å²) in [6.45, 7) is 7.55. The summed E-state index contributed by atoms with van der Waals surface area (Å²) in [5.41, 5.74) is 7.05. The van der Waals surface area contributed by atoms with E-state index in [1.54, 1.807) is 4.68 Å². The smallest absolute Gasteiger partial charge is 0.417 e. The molecule has 2 fully saturated rings. The number of rotatable bonds is 6. The molecule has 284 valence electrons. The van der Waals surface area contributed by atoms with Gasteiger partial charge in [0.05, 0.1) is 46.8 Å². The van der Waals surface area contributed by atoms with Crippen molar-refractivity contribution < 1.29 is 36.2 Å². The van der Waals surface area contributed by atoms with Gasteiger partial charge in [-0.1, -0.05) is 17.5 Å². The molecule has 2 aromatic heterocycles. The fourth-order valence-corrected chi connectivity index (χ4v) is 8.11. The number of ether oxygens (including phenoxy) is 2. The number of amides is 1. The van der Waals surface area contributed by atoms with Gasteiger partial charge in [0.2, 0.25) is 0 Å². The number of nitrogen functional groups attached to an aromatic ring is 1. The van der Waals surface area contributed by atoms with Gasteiger partial charge in [0.1, 0.15) is 12.4 Å². The van der Waals surface area contributed by atoms with Crippen LogP contribution in [-0.2, 0) is 37.0 Å². The Balaban J connectivity index is 0.00000114. The number of aromatic nitrogens is 4. The number of nitrogens with one attached hydrogen (secondary N) is 1. The van der Waals surface area contributed by atoms with Crippen LogP contribution in [0, 0.1) is 11.8 Å². The average molecular weight is 763 g/mol. The highest BCUT2D eigenvalue weighted by Gasteiger charge is 2.45. The van der Waals surface area contributed by atoms with Gasteiger partial charge in [-0.2, -0.15) is 37.0 Å². The highest BCUT2D eigenvalue weighted by Crippen LogP contribution is 2.44. The standard InChI is InChI=1S/C34H38ClF3N8O3.C2H2F2/c1-3-7-20-14-21(39)15-22(27(20)34(36,37)38)26-16-24-23(18-48-26)30(42-32(41-24)49-19-33-8-4-11-45(33)12-5-9-33)44-10-6-13-46-25(17-44)28(35)29(43-46)31(47)40-2;1-2(3)4/h14-15,26H,4-6,8-13,16-19,39H2,1-2H3,(H,40,47);1H2. The second-order valence-corrected chi connectivity index (χ2v) is 13.8. The van der Waals surface area contributed by atoms with E-state index in [9.17, 15) is 26.7 Å². The van der Waals surface area contributed by atoms with Gasteiger partial charge < -0.3 is 25.4 Å². The summed E-state index contributed by atoms with van der Waals surface area (Å²) in [6, 6.07) is 2.72. The normalized spacial score (nSPS) is 19.1. The van der Waals surface area contributed by atoms with Crippen LogP contribution in [0.2, 0.25) is 5.02 Å². The van der Waals surface area contributed by atoms with Crippen LogP contribution in [-0.4, -0.2) is 69.4 Å². The first-order valence-corrected chi connectivity index (χ1v) is 17.7. The number of nitrogens with zero attached hydrogens (tertiary/aromatic N) is 6. The van der Waals surface area contributed by atoms with Gasteiger partial charge in [-0.15, -0.1) is 5.92 Å². The van der Waals surface area contributed by atoms with Crippen molar-refractivity contribution in [3.8, 4) is 17.9 Å². The van der Waals surface area contributed by atoms with Crippen LogP contribution >= 0.6 is 11.6 Å². The zero-order valence-electron chi connectivity index (χ0n) is 29.4. The summed E-state index contributed by atoms with van der Waals surface area (Å²) in [5, 5.41) is 7.30. The lowest BCUT2D eigenvalue weighted by atomic mass is 9.91. The molecule has 0 spiro atoms. The van der Waals surface area contributed by atoms with Crippen LogP contribution in [0.4, 0.5) is 33.5 Å². The van der Waals surface area contributed by atoms with Crippen LogP contribution in [0.5, 0.6) is 6.01 Å². The number of anilines is 2. The molecule has 7 rings (SSSR count). The Labute approximate surface area is 308 Å². The quantitative estimate of drug-likeness (QED) is 0.170. The monoisotopic (exact) mass is 762 g/mol. The predicted molar refractivity (Wildman–Crippen MR) is 188 cm³/mol. The number of hydrogen-bond acceptors (Lipinski definition) is 9. The largest absolute Gasteiger partial charge is 0.461 e. The number of nitrogens with two attached hydrogens (primary N) is 1. The summed E-state index contributed by atoms with van der Waals surface area (Å²) < 4.78 is 78.3. The van der Waals surface area contributed by atoms with Crippen molar-refractivity contribution in [2.75, 3.05) is 43.9 Å². The topological polar surface area (TPSA) is 124 Å². The second-order valence-electron chi connectivity index (χ2n) is 13.4. The molecule has 4 aliphatic rings. The molecule has 4 aliphatic heterocycles. The molecule has 17 heteroatoms. The van der Waals surface area contributed by atoms with Crippen molar-refractivity contribution >= 4 is 29.0 Å². The highest BCUT2D eigenvalue weighted by molar-refractivity contribution is 6.34. The molecule has 2 saturated heterocycles. The molecule has 3 N–H and O–H groups in total. The molecule has 1 atom stereocenters. The molecule has 11 nitrogen and oxygen atoms in total. The maximum atomic E-state index is 14.5. The molecule has 0 aliphatic carbocycles. The van der Waals surface area contributed by atoms with E-state index in [2.05, 4.69) is 33.7 Å². The van der Waals surface area contributed by atoms with Crippen LogP contribution in [0.15, 0.2) is 24.8 Å². The molecule has 0 radical (unpaired) electrons. The Hall–Kier alpha value is -4.46. The second kappa shape index (κ2) is 15.5. The first-order chi connectivity index (χ1) is 25.2. The van der Waals surface area contributed by atoms with Crippen molar-refractivity contribution in [1.29, 1.82) is 0 Å². The minimum atomic E-state index is -4.69. The molecule has 0 bridgehead atoms. The van der Waals surface area contributed by atoms with E-state index in [0.29, 0.717) is 55.4 Å². The first kappa shape index (κ1) is 38.3. The number of halogens is 6. The highest BCUT2D eigenvalue weighted by atomic mass is 35.5. The van der Waals surface area contributed by atoms with Gasteiger partial charge in [-0.05, 0) is 76.4 Å². The number of carbonyl (C=O) groups excluding carboxylic acids is 1. The van der Waals surface area contributed by atoms with E-state index in [0.717, 1.165) is 38.8 Å². The van der Waals surface area contributed by atoms with Crippen molar-refractivity contribution in [1.82, 2.24) is 30.0 Å². The number of carbonyl (C=O) groups is 1. The van der Waals surface area contributed by atoms with Gasteiger partial charge in [-0.3, -0.25) is 14.4 Å². The van der Waals surface area contributed by atoms with Crippen molar-refractivity contribution in [3.05, 3.63) is 69.2 Å². The number of aryl methyl sites for hydroxylation is 1. The van der Waals surface area contributed by atoms with Gasteiger partial charge in [-0.25, -0.2) is 0 Å². The molecule has 53 heavy (non-hydrogen) atoms. The Bertz CT molecular complexity index is 1950. The summed E-state index contributed by atoms with van der Waals surface area (Å²) in [5.74, 6) is 5.31. The Morgan fingerprint density at radius 2 is 1.89 bits per heavy atom. The van der Waals surface area contributed by atoms with E-state index in [1.807, 2.05) is 4.90 Å². The maximum absolute atomic E-state index is 14.5. The Morgan fingerprint density at radius 1 is 1.17 bits per heavy atom. The van der Waals surface area contributed by atoms with Crippen molar-refractivity contribution in [2.45, 2.75) is 83.0 Å². The van der Waals surface area contributed by atoms with Crippen LogP contribution in [0.1, 0.15) is 89.3 Å². The summed E-state index contributed by atoms with van der Waals surface area (Å²) in [7, 11) is 1.52. The van der Waals surface area contributed by atoms with E-state index in [1.165, 1.54) is 26.1 Å². The third-order valence-electron chi connectivity index (χ3n) is 10.1. The summed E-state index contributed by atoms with van der Waals surface area (Å²) in [6.07, 6.45) is -2.54. The van der Waals surface area contributed by atoms with Gasteiger partial charge in [0.15, 0.2) is 5.69 Å². The van der Waals surface area contributed by atoms with Crippen LogP contribution < -0.4 is 20.7 Å². The van der Waals surface area contributed by atoms with E-state index < -0.39 is 23.9 Å². The lowest BCUT2D eigenvalue weighted by Gasteiger charge is -2.33. The minimum Gasteiger partial charge on any atom is -0.461 e. The molecule has 1 aromatic carbocycles. The molecular weight excluding hydrogens is 723 g/mol. The number of fused-ring (bicyclic) bond motifs is 3. The number of alkyl halides is 3. The lowest BCUT2D eigenvalue weighted by molar-refractivity contribution is -0.140. The lowest BCUT2D eigenvalue weighted by Crippen LogP contribution is -2.43. The number of benzene rings is 1. The minimum absolute atomic E-state index is 0.0390. The molecule has 1 unspecified atom stereocenters. The van der Waals surface area contributed by atoms with E-state index in [-0.39, 0.29) is 58.0 Å². The van der Waals surface area contributed by atoms with Gasteiger partial charge in [0, 0.05) is 43.4 Å². The molecule has 0 saturated carbocycles. The Kier molecular flexibility index (Phi) is 11.2. The first-order valence-electron chi connectivity index (χ1n) is 17.3. The van der Waals surface area contributed by atoms with Gasteiger partial charge >= 0.3 is 12.2 Å². The molecule has 3 aromatic rings. The van der Waals surface area contributed by atoms with Crippen molar-refractivity contribution in [3.63, 3.8) is 0 Å².